The molecule has 2 aromatic carbocycles. The number of hydrogen-bond donors (Lipinski definition) is 3. The summed E-state index contributed by atoms with van der Waals surface area (Å²) in [6.45, 7) is 4.71. The lowest BCUT2D eigenvalue weighted by molar-refractivity contribution is 0.188. The van der Waals surface area contributed by atoms with E-state index in [9.17, 15) is 5.11 Å². The first-order valence-electron chi connectivity index (χ1n) is 12.3. The Hall–Kier alpha value is -3.79. The van der Waals surface area contributed by atoms with Gasteiger partial charge in [-0.25, -0.2) is 4.98 Å². The Morgan fingerprint density at radius 2 is 1.73 bits per heavy atom. The van der Waals surface area contributed by atoms with E-state index < -0.39 is 0 Å². The average molecular weight is 517 g/mol. The van der Waals surface area contributed by atoms with Crippen molar-refractivity contribution in [2.45, 2.75) is 6.54 Å². The number of anilines is 4. The maximum absolute atomic E-state index is 9.25. The summed E-state index contributed by atoms with van der Waals surface area (Å²) in [5.74, 6) is 2.20. The lowest BCUT2D eigenvalue weighted by Gasteiger charge is -2.34. The molecule has 1 aliphatic heterocycles. The molecule has 10 heteroatoms. The topological polar surface area (TPSA) is 102 Å². The zero-order chi connectivity index (χ0) is 25.5. The molecule has 4 aromatic rings. The maximum atomic E-state index is 9.25. The molecular weight excluding hydrogens is 488 g/mol. The zero-order valence-corrected chi connectivity index (χ0v) is 21.1. The van der Waals surface area contributed by atoms with Gasteiger partial charge in [-0.2, -0.15) is 15.0 Å². The van der Waals surface area contributed by atoms with Crippen molar-refractivity contribution >= 4 is 35.0 Å². The van der Waals surface area contributed by atoms with Gasteiger partial charge in [-0.1, -0.05) is 48.0 Å². The van der Waals surface area contributed by atoms with Gasteiger partial charge in [-0.3, -0.25) is 4.90 Å². The fraction of sp³-hybridized carbons (Fsp3) is 0.259. The van der Waals surface area contributed by atoms with Gasteiger partial charge in [0.1, 0.15) is 5.82 Å². The number of aromatic nitrogens is 4. The SMILES string of the molecule is OCCN1CCN(c2nc(Nc3ccc(CNc4ccccc4)cn3)nc(-c3cccc(Cl)c3)n2)CC1. The number of aliphatic hydroxyl groups is 1. The number of β-amino-alcohol motifs (C(OH)–C–C–N with tert-alkyl or cyclic N) is 1. The summed E-state index contributed by atoms with van der Waals surface area (Å²) in [7, 11) is 0. The Labute approximate surface area is 221 Å². The van der Waals surface area contributed by atoms with Crippen LogP contribution >= 0.6 is 11.6 Å². The van der Waals surface area contributed by atoms with Gasteiger partial charge >= 0.3 is 0 Å². The second kappa shape index (κ2) is 12.0. The Kier molecular flexibility index (Phi) is 8.05. The molecule has 190 valence electrons. The van der Waals surface area contributed by atoms with Gasteiger partial charge < -0.3 is 20.6 Å². The molecule has 0 amide bonds. The summed E-state index contributed by atoms with van der Waals surface area (Å²) in [5, 5.41) is 16.5. The van der Waals surface area contributed by atoms with Crippen molar-refractivity contribution in [3.05, 3.63) is 83.5 Å². The molecule has 0 spiro atoms. The number of aliphatic hydroxyl groups excluding tert-OH is 1. The molecule has 9 nitrogen and oxygen atoms in total. The quantitative estimate of drug-likeness (QED) is 0.304. The fourth-order valence-corrected chi connectivity index (χ4v) is 4.30. The molecule has 37 heavy (non-hydrogen) atoms. The standard InChI is InChI=1S/C27H29ClN8O/c28-22-6-4-5-21(17-22)25-32-26(34-27(33-25)36-13-11-35(12-14-36)15-16-37)31-24-10-9-20(19-30-24)18-29-23-7-2-1-3-8-23/h1-10,17,19,29,37H,11-16,18H2,(H,30,31,32,33,34). The van der Waals surface area contributed by atoms with Crippen LogP contribution in [0, 0.1) is 0 Å². The van der Waals surface area contributed by atoms with Crippen LogP contribution < -0.4 is 15.5 Å². The number of pyridine rings is 1. The minimum absolute atomic E-state index is 0.160. The van der Waals surface area contributed by atoms with Gasteiger partial charge in [0.25, 0.3) is 0 Å². The number of para-hydroxylation sites is 1. The largest absolute Gasteiger partial charge is 0.395 e. The van der Waals surface area contributed by atoms with Crippen LogP contribution in [0.3, 0.4) is 0 Å². The van der Waals surface area contributed by atoms with E-state index in [1.165, 1.54) is 0 Å². The first-order valence-corrected chi connectivity index (χ1v) is 12.6. The van der Waals surface area contributed by atoms with Crippen LogP contribution in [0.4, 0.5) is 23.4 Å². The van der Waals surface area contributed by atoms with Crippen LogP contribution in [0.15, 0.2) is 72.9 Å². The van der Waals surface area contributed by atoms with Gasteiger partial charge in [-0.15, -0.1) is 0 Å². The third-order valence-electron chi connectivity index (χ3n) is 6.11. The average Bonchev–Trinajstić information content (AvgIpc) is 2.94. The highest BCUT2D eigenvalue weighted by molar-refractivity contribution is 6.30. The molecule has 5 rings (SSSR count). The van der Waals surface area contributed by atoms with Crippen LogP contribution in [-0.2, 0) is 6.54 Å². The van der Waals surface area contributed by atoms with Crippen molar-refractivity contribution in [1.82, 2.24) is 24.8 Å². The summed E-state index contributed by atoms with van der Waals surface area (Å²) in [6.07, 6.45) is 1.83. The molecule has 3 N–H and O–H groups in total. The Balaban J connectivity index is 1.34. The predicted octanol–water partition coefficient (Wildman–Crippen LogP) is 4.06. The summed E-state index contributed by atoms with van der Waals surface area (Å²) in [6, 6.07) is 21.5. The monoisotopic (exact) mass is 516 g/mol. The molecular formula is C27H29ClN8O. The number of halogens is 1. The molecule has 0 aliphatic carbocycles. The highest BCUT2D eigenvalue weighted by atomic mass is 35.5. The van der Waals surface area contributed by atoms with E-state index in [1.807, 2.05) is 72.9 Å². The minimum Gasteiger partial charge on any atom is -0.395 e. The third kappa shape index (κ3) is 6.71. The predicted molar refractivity (Wildman–Crippen MR) is 147 cm³/mol. The van der Waals surface area contributed by atoms with Crippen molar-refractivity contribution < 1.29 is 5.11 Å². The summed E-state index contributed by atoms with van der Waals surface area (Å²) < 4.78 is 0. The molecule has 2 aromatic heterocycles. The lowest BCUT2D eigenvalue weighted by atomic mass is 10.2. The lowest BCUT2D eigenvalue weighted by Crippen LogP contribution is -2.47. The second-order valence-corrected chi connectivity index (χ2v) is 9.18. The van der Waals surface area contributed by atoms with Gasteiger partial charge in [0, 0.05) is 61.7 Å². The second-order valence-electron chi connectivity index (χ2n) is 8.74. The molecule has 3 heterocycles. The summed E-state index contributed by atoms with van der Waals surface area (Å²) in [5.41, 5.74) is 2.94. The molecule has 0 unspecified atom stereocenters. The number of nitrogens with one attached hydrogen (secondary N) is 2. The van der Waals surface area contributed by atoms with E-state index in [1.54, 1.807) is 0 Å². The van der Waals surface area contributed by atoms with Gasteiger partial charge in [0.05, 0.1) is 6.61 Å². The van der Waals surface area contributed by atoms with Crippen molar-refractivity contribution in [1.29, 1.82) is 0 Å². The zero-order valence-electron chi connectivity index (χ0n) is 20.4. The first kappa shape index (κ1) is 24.9. The number of piperazine rings is 1. The van der Waals surface area contributed by atoms with Gasteiger partial charge in [-0.05, 0) is 35.9 Å². The van der Waals surface area contributed by atoms with E-state index in [0.717, 1.165) is 43.0 Å². The first-order chi connectivity index (χ1) is 18.2. The van der Waals surface area contributed by atoms with Crippen molar-refractivity contribution in [2.24, 2.45) is 0 Å². The fourth-order valence-electron chi connectivity index (χ4n) is 4.11. The van der Waals surface area contributed by atoms with E-state index in [-0.39, 0.29) is 6.61 Å². The van der Waals surface area contributed by atoms with Gasteiger partial charge in [0.15, 0.2) is 5.82 Å². The summed E-state index contributed by atoms with van der Waals surface area (Å²) in [4.78, 5) is 23.1. The highest BCUT2D eigenvalue weighted by Crippen LogP contribution is 2.24. The van der Waals surface area contributed by atoms with Crippen LogP contribution in [0.2, 0.25) is 5.02 Å². The third-order valence-corrected chi connectivity index (χ3v) is 6.35. The van der Waals surface area contributed by atoms with Crippen LogP contribution in [0.1, 0.15) is 5.56 Å². The molecule has 1 fully saturated rings. The maximum Gasteiger partial charge on any atom is 0.233 e. The smallest absolute Gasteiger partial charge is 0.233 e. The Morgan fingerprint density at radius 3 is 2.46 bits per heavy atom. The number of benzene rings is 2. The van der Waals surface area contributed by atoms with E-state index in [2.05, 4.69) is 30.4 Å². The number of nitrogens with zero attached hydrogens (tertiary/aromatic N) is 6. The molecule has 0 bridgehead atoms. The molecule has 0 radical (unpaired) electrons. The molecule has 1 saturated heterocycles. The van der Waals surface area contributed by atoms with Crippen molar-refractivity contribution in [3.63, 3.8) is 0 Å². The van der Waals surface area contributed by atoms with Crippen molar-refractivity contribution in [2.75, 3.05) is 54.9 Å². The highest BCUT2D eigenvalue weighted by Gasteiger charge is 2.21. The Morgan fingerprint density at radius 1 is 0.892 bits per heavy atom. The number of hydrogen-bond acceptors (Lipinski definition) is 9. The van der Waals surface area contributed by atoms with Gasteiger partial charge in [0.2, 0.25) is 11.9 Å². The molecule has 0 atom stereocenters. The van der Waals surface area contributed by atoms with Crippen LogP contribution in [-0.4, -0.2) is 69.3 Å². The van der Waals surface area contributed by atoms with Crippen molar-refractivity contribution in [3.8, 4) is 11.4 Å². The Bertz CT molecular complexity index is 1300. The van der Waals surface area contributed by atoms with E-state index in [0.29, 0.717) is 41.7 Å². The number of rotatable bonds is 9. The van der Waals surface area contributed by atoms with Crippen LogP contribution in [0.5, 0.6) is 0 Å². The molecule has 1 aliphatic rings. The normalized spacial score (nSPS) is 13.9. The van der Waals surface area contributed by atoms with E-state index >= 15 is 0 Å². The van der Waals surface area contributed by atoms with E-state index in [4.69, 9.17) is 21.6 Å². The van der Waals surface area contributed by atoms with Crippen LogP contribution in [0.25, 0.3) is 11.4 Å². The summed E-state index contributed by atoms with van der Waals surface area (Å²) >= 11 is 6.24. The minimum atomic E-state index is 0.160. The molecule has 0 saturated carbocycles.